The lowest BCUT2D eigenvalue weighted by molar-refractivity contribution is 0.127. The van der Waals surface area contributed by atoms with E-state index in [9.17, 15) is 4.79 Å². The standard InChI is InChI=1S/C7H13NO2S/c9-7(10)8-3-1-6(5-11)2-4-8/h6,11H,1-5H2,(H,9,10). The largest absolute Gasteiger partial charge is 0.465 e. The van der Waals surface area contributed by atoms with Gasteiger partial charge in [0.05, 0.1) is 0 Å². The summed E-state index contributed by atoms with van der Waals surface area (Å²) in [6.45, 7) is 1.36. The molecule has 1 heterocycles. The van der Waals surface area contributed by atoms with E-state index in [0.717, 1.165) is 18.6 Å². The summed E-state index contributed by atoms with van der Waals surface area (Å²) in [5, 5.41) is 8.60. The summed E-state index contributed by atoms with van der Waals surface area (Å²) in [5.41, 5.74) is 0. The summed E-state index contributed by atoms with van der Waals surface area (Å²) in [5.74, 6) is 1.50. The van der Waals surface area contributed by atoms with Gasteiger partial charge in [0.15, 0.2) is 0 Å². The lowest BCUT2D eigenvalue weighted by Crippen LogP contribution is -2.37. The summed E-state index contributed by atoms with van der Waals surface area (Å²) in [6.07, 6.45) is 1.15. The van der Waals surface area contributed by atoms with Gasteiger partial charge in [-0.15, -0.1) is 0 Å². The van der Waals surface area contributed by atoms with Crippen LogP contribution in [0.4, 0.5) is 4.79 Å². The summed E-state index contributed by atoms with van der Waals surface area (Å²) in [6, 6.07) is 0. The molecule has 11 heavy (non-hydrogen) atoms. The Morgan fingerprint density at radius 3 is 2.45 bits per heavy atom. The van der Waals surface area contributed by atoms with Crippen molar-refractivity contribution in [3.8, 4) is 0 Å². The Kier molecular flexibility index (Phi) is 3.05. The second-order valence-electron chi connectivity index (χ2n) is 2.90. The highest BCUT2D eigenvalue weighted by Gasteiger charge is 2.20. The molecule has 0 aromatic carbocycles. The molecule has 0 atom stereocenters. The van der Waals surface area contributed by atoms with Crippen LogP contribution in [0.5, 0.6) is 0 Å². The topological polar surface area (TPSA) is 40.5 Å². The number of rotatable bonds is 1. The molecule has 0 spiro atoms. The van der Waals surface area contributed by atoms with Gasteiger partial charge in [-0.1, -0.05) is 0 Å². The number of amides is 1. The maximum atomic E-state index is 10.5. The van der Waals surface area contributed by atoms with Crippen LogP contribution in [-0.4, -0.2) is 34.9 Å². The highest BCUT2D eigenvalue weighted by Crippen LogP contribution is 2.17. The average Bonchev–Trinajstić information content (AvgIpc) is 2.05. The molecule has 1 aliphatic rings. The number of hydrogen-bond acceptors (Lipinski definition) is 2. The molecule has 1 amide bonds. The van der Waals surface area contributed by atoms with Gasteiger partial charge in [0, 0.05) is 13.1 Å². The fraction of sp³-hybridized carbons (Fsp3) is 0.857. The second-order valence-corrected chi connectivity index (χ2v) is 3.26. The molecule has 0 aliphatic carbocycles. The number of nitrogens with zero attached hydrogens (tertiary/aromatic N) is 1. The molecule has 0 unspecified atom stereocenters. The highest BCUT2D eigenvalue weighted by atomic mass is 32.1. The van der Waals surface area contributed by atoms with Crippen LogP contribution in [0.15, 0.2) is 0 Å². The van der Waals surface area contributed by atoms with E-state index >= 15 is 0 Å². The van der Waals surface area contributed by atoms with Crippen LogP contribution in [-0.2, 0) is 0 Å². The highest BCUT2D eigenvalue weighted by molar-refractivity contribution is 7.80. The minimum absolute atomic E-state index is 0.619. The lowest BCUT2D eigenvalue weighted by atomic mass is 9.99. The number of carbonyl (C=O) groups is 1. The fourth-order valence-electron chi connectivity index (χ4n) is 1.31. The first-order chi connectivity index (χ1) is 5.24. The Balaban J connectivity index is 2.30. The molecule has 1 N–H and O–H groups in total. The molecule has 0 bridgehead atoms. The van der Waals surface area contributed by atoms with Crippen LogP contribution >= 0.6 is 12.6 Å². The fourth-order valence-corrected chi connectivity index (χ4v) is 1.67. The molecule has 3 nitrogen and oxygen atoms in total. The van der Waals surface area contributed by atoms with Crippen molar-refractivity contribution in [1.29, 1.82) is 0 Å². The van der Waals surface area contributed by atoms with Gasteiger partial charge < -0.3 is 10.0 Å². The summed E-state index contributed by atoms with van der Waals surface area (Å²) in [7, 11) is 0. The van der Waals surface area contributed by atoms with Crippen molar-refractivity contribution < 1.29 is 9.90 Å². The number of carboxylic acid groups (broad SMARTS) is 1. The van der Waals surface area contributed by atoms with Gasteiger partial charge in [0.1, 0.15) is 0 Å². The predicted octanol–water partition coefficient (Wildman–Crippen LogP) is 1.31. The van der Waals surface area contributed by atoms with E-state index in [1.54, 1.807) is 0 Å². The van der Waals surface area contributed by atoms with Crippen LogP contribution in [0.3, 0.4) is 0 Å². The van der Waals surface area contributed by atoms with Crippen molar-refractivity contribution >= 4 is 18.7 Å². The number of piperidine rings is 1. The molecular weight excluding hydrogens is 162 g/mol. The molecule has 1 saturated heterocycles. The van der Waals surface area contributed by atoms with Crippen LogP contribution in [0.25, 0.3) is 0 Å². The van der Waals surface area contributed by atoms with Crippen LogP contribution in [0, 0.1) is 5.92 Å². The molecule has 0 aromatic rings. The maximum Gasteiger partial charge on any atom is 0.407 e. The summed E-state index contributed by atoms with van der Waals surface area (Å²) >= 11 is 4.18. The second kappa shape index (κ2) is 3.85. The van der Waals surface area contributed by atoms with Gasteiger partial charge in [0.2, 0.25) is 0 Å². The first-order valence-electron chi connectivity index (χ1n) is 3.82. The first kappa shape index (κ1) is 8.71. The van der Waals surface area contributed by atoms with E-state index in [2.05, 4.69) is 12.6 Å². The minimum atomic E-state index is -0.789. The van der Waals surface area contributed by atoms with Crippen molar-refractivity contribution in [3.63, 3.8) is 0 Å². The van der Waals surface area contributed by atoms with E-state index in [1.807, 2.05) is 0 Å². The first-order valence-corrected chi connectivity index (χ1v) is 4.46. The molecular formula is C7H13NO2S. The van der Waals surface area contributed by atoms with E-state index in [1.165, 1.54) is 4.90 Å². The quantitative estimate of drug-likeness (QED) is 0.590. The van der Waals surface area contributed by atoms with Gasteiger partial charge in [-0.25, -0.2) is 4.79 Å². The van der Waals surface area contributed by atoms with E-state index in [4.69, 9.17) is 5.11 Å². The number of thiol groups is 1. The van der Waals surface area contributed by atoms with Gasteiger partial charge >= 0.3 is 6.09 Å². The molecule has 0 radical (unpaired) electrons. The van der Waals surface area contributed by atoms with Crippen molar-refractivity contribution in [2.75, 3.05) is 18.8 Å². The summed E-state index contributed by atoms with van der Waals surface area (Å²) in [4.78, 5) is 11.9. The van der Waals surface area contributed by atoms with Crippen LogP contribution in [0.2, 0.25) is 0 Å². The summed E-state index contributed by atoms with van der Waals surface area (Å²) < 4.78 is 0. The minimum Gasteiger partial charge on any atom is -0.465 e. The van der Waals surface area contributed by atoms with E-state index in [0.29, 0.717) is 19.0 Å². The Morgan fingerprint density at radius 1 is 1.55 bits per heavy atom. The Hall–Kier alpha value is -0.380. The average molecular weight is 175 g/mol. The molecule has 1 fully saturated rings. The third kappa shape index (κ3) is 2.29. The van der Waals surface area contributed by atoms with Gasteiger partial charge in [-0.05, 0) is 24.5 Å². The van der Waals surface area contributed by atoms with Crippen molar-refractivity contribution in [2.45, 2.75) is 12.8 Å². The van der Waals surface area contributed by atoms with E-state index < -0.39 is 6.09 Å². The van der Waals surface area contributed by atoms with Crippen LogP contribution < -0.4 is 0 Å². The Morgan fingerprint density at radius 2 is 2.09 bits per heavy atom. The van der Waals surface area contributed by atoms with Gasteiger partial charge in [-0.3, -0.25) is 0 Å². The Labute approximate surface area is 71.8 Å². The lowest BCUT2D eigenvalue weighted by Gasteiger charge is -2.28. The monoisotopic (exact) mass is 175 g/mol. The molecule has 0 aromatic heterocycles. The van der Waals surface area contributed by atoms with Crippen molar-refractivity contribution in [2.24, 2.45) is 5.92 Å². The van der Waals surface area contributed by atoms with Crippen molar-refractivity contribution in [1.82, 2.24) is 4.90 Å². The predicted molar refractivity (Wildman–Crippen MR) is 46.2 cm³/mol. The van der Waals surface area contributed by atoms with Crippen LogP contribution in [0.1, 0.15) is 12.8 Å². The SMILES string of the molecule is O=C(O)N1CCC(CS)CC1. The third-order valence-electron chi connectivity index (χ3n) is 2.14. The molecule has 1 aliphatic heterocycles. The zero-order chi connectivity index (χ0) is 8.27. The number of hydrogen-bond donors (Lipinski definition) is 2. The molecule has 4 heteroatoms. The third-order valence-corrected chi connectivity index (χ3v) is 2.66. The zero-order valence-corrected chi connectivity index (χ0v) is 7.26. The molecule has 64 valence electrons. The zero-order valence-electron chi connectivity index (χ0n) is 6.36. The van der Waals surface area contributed by atoms with E-state index in [-0.39, 0.29) is 0 Å². The van der Waals surface area contributed by atoms with Gasteiger partial charge in [-0.2, -0.15) is 12.6 Å². The molecule has 0 saturated carbocycles. The van der Waals surface area contributed by atoms with Crippen molar-refractivity contribution in [3.05, 3.63) is 0 Å². The number of likely N-dealkylation sites (tertiary alicyclic amines) is 1. The van der Waals surface area contributed by atoms with Gasteiger partial charge in [0.25, 0.3) is 0 Å². The molecule has 1 rings (SSSR count). The smallest absolute Gasteiger partial charge is 0.407 e. The normalized spacial score (nSPS) is 20.3. The maximum absolute atomic E-state index is 10.5. The Bertz CT molecular complexity index is 143.